The van der Waals surface area contributed by atoms with Gasteiger partial charge in [0.25, 0.3) is 5.91 Å². The van der Waals surface area contributed by atoms with Gasteiger partial charge in [0.05, 0.1) is 16.4 Å². The van der Waals surface area contributed by atoms with Crippen molar-refractivity contribution in [3.63, 3.8) is 0 Å². The van der Waals surface area contributed by atoms with Crippen LogP contribution in [0.25, 0.3) is 6.08 Å². The van der Waals surface area contributed by atoms with E-state index in [1.807, 2.05) is 0 Å². The molecule has 2 amide bonds. The molecule has 3 rings (SSSR count). The van der Waals surface area contributed by atoms with Crippen molar-refractivity contribution in [2.24, 2.45) is 0 Å². The Morgan fingerprint density at radius 2 is 2.15 bits per heavy atom. The van der Waals surface area contributed by atoms with E-state index >= 15 is 0 Å². The van der Waals surface area contributed by atoms with Crippen LogP contribution in [0.2, 0.25) is 0 Å². The first-order valence-corrected chi connectivity index (χ1v) is 11.2. The molecule has 6 nitrogen and oxygen atoms in total. The van der Waals surface area contributed by atoms with Crippen LogP contribution >= 0.6 is 24.0 Å². The topological polar surface area (TPSA) is 74.8 Å². The van der Waals surface area contributed by atoms with E-state index in [9.17, 15) is 22.4 Å². The number of amides is 2. The Kier molecular flexibility index (Phi) is 5.68. The summed E-state index contributed by atoms with van der Waals surface area (Å²) in [6.45, 7) is -0.272. The van der Waals surface area contributed by atoms with E-state index in [4.69, 9.17) is 12.2 Å². The molecule has 10 heteroatoms. The number of hydrogen-bond acceptors (Lipinski definition) is 6. The normalized spacial score (nSPS) is 23.3. The van der Waals surface area contributed by atoms with E-state index in [0.29, 0.717) is 6.42 Å². The molecule has 1 aromatic rings. The van der Waals surface area contributed by atoms with E-state index in [-0.39, 0.29) is 38.7 Å². The fourth-order valence-electron chi connectivity index (χ4n) is 2.90. The zero-order valence-electron chi connectivity index (χ0n) is 14.4. The number of benzene rings is 1. The second-order valence-corrected chi connectivity index (χ2v) is 10.3. The highest BCUT2D eigenvalue weighted by atomic mass is 32.2. The van der Waals surface area contributed by atoms with Gasteiger partial charge in [0.15, 0.2) is 9.84 Å². The van der Waals surface area contributed by atoms with Crippen LogP contribution in [0.1, 0.15) is 12.0 Å². The number of carbonyl (C=O) groups is 2. The summed E-state index contributed by atoms with van der Waals surface area (Å²) in [6, 6.07) is 5.65. The zero-order chi connectivity index (χ0) is 19.8. The molecule has 2 saturated heterocycles. The molecule has 0 radical (unpaired) electrons. The molecule has 1 atom stereocenters. The molecule has 0 spiro atoms. The Morgan fingerprint density at radius 3 is 2.78 bits per heavy atom. The van der Waals surface area contributed by atoms with Crippen LogP contribution in [0, 0.1) is 5.82 Å². The predicted octanol–water partition coefficient (Wildman–Crippen LogP) is 1.67. The summed E-state index contributed by atoms with van der Waals surface area (Å²) >= 11 is 6.19. The average molecular weight is 429 g/mol. The SMILES string of the molecule is CN(C(=O)CN1C(=O)/C(=C/c2ccccc2F)SC1=S)[C@@H]1CCS(=O)(=O)C1. The third kappa shape index (κ3) is 4.39. The van der Waals surface area contributed by atoms with Crippen molar-refractivity contribution in [2.45, 2.75) is 12.5 Å². The van der Waals surface area contributed by atoms with Gasteiger partial charge in [0.2, 0.25) is 5.91 Å². The second-order valence-electron chi connectivity index (χ2n) is 6.35. The van der Waals surface area contributed by atoms with Crippen molar-refractivity contribution in [1.29, 1.82) is 0 Å². The predicted molar refractivity (Wildman–Crippen MR) is 106 cm³/mol. The van der Waals surface area contributed by atoms with E-state index in [2.05, 4.69) is 0 Å². The Hall–Kier alpha value is -1.78. The summed E-state index contributed by atoms with van der Waals surface area (Å²) in [5.41, 5.74) is 0.262. The van der Waals surface area contributed by atoms with E-state index in [1.54, 1.807) is 18.2 Å². The van der Waals surface area contributed by atoms with Crippen molar-refractivity contribution in [3.05, 3.63) is 40.6 Å². The molecule has 144 valence electrons. The second kappa shape index (κ2) is 7.69. The number of likely N-dealkylation sites (N-methyl/N-ethyl adjacent to an activating group) is 1. The number of thiocarbonyl (C=S) groups is 1. The van der Waals surface area contributed by atoms with Crippen LogP contribution in [0.3, 0.4) is 0 Å². The van der Waals surface area contributed by atoms with Gasteiger partial charge in [-0.2, -0.15) is 0 Å². The van der Waals surface area contributed by atoms with Gasteiger partial charge in [0.1, 0.15) is 16.7 Å². The summed E-state index contributed by atoms with van der Waals surface area (Å²) in [5.74, 6) is -1.32. The van der Waals surface area contributed by atoms with Crippen molar-refractivity contribution >= 4 is 56.0 Å². The van der Waals surface area contributed by atoms with Gasteiger partial charge in [-0.3, -0.25) is 14.5 Å². The maximum Gasteiger partial charge on any atom is 0.266 e. The molecule has 0 bridgehead atoms. The van der Waals surface area contributed by atoms with E-state index < -0.39 is 27.6 Å². The fourth-order valence-corrected chi connectivity index (χ4v) is 5.92. The molecular formula is C17H17FN2O4S3. The number of thioether (sulfide) groups is 1. The van der Waals surface area contributed by atoms with Crippen LogP contribution in [0.5, 0.6) is 0 Å². The van der Waals surface area contributed by atoms with Gasteiger partial charge in [-0.25, -0.2) is 12.8 Å². The van der Waals surface area contributed by atoms with Gasteiger partial charge in [-0.15, -0.1) is 0 Å². The van der Waals surface area contributed by atoms with Gasteiger partial charge >= 0.3 is 0 Å². The lowest BCUT2D eigenvalue weighted by Gasteiger charge is -2.25. The molecule has 2 fully saturated rings. The smallest absolute Gasteiger partial charge is 0.266 e. The van der Waals surface area contributed by atoms with Gasteiger partial charge in [0, 0.05) is 18.7 Å². The van der Waals surface area contributed by atoms with Gasteiger partial charge in [-0.05, 0) is 18.6 Å². The molecule has 0 aliphatic carbocycles. The average Bonchev–Trinajstić information content (AvgIpc) is 3.10. The van der Waals surface area contributed by atoms with Crippen LogP contribution in [0.4, 0.5) is 4.39 Å². The number of halogens is 1. The largest absolute Gasteiger partial charge is 0.340 e. The standard InChI is InChI=1S/C17H17FN2O4S3/c1-19(12-6-7-27(23,24)10-12)15(21)9-20-16(22)14(26-17(20)25)8-11-4-2-3-5-13(11)18/h2-5,8,12H,6-7,9-10H2,1H3/b14-8-/t12-/m1/s1. The first-order valence-electron chi connectivity index (χ1n) is 8.14. The lowest BCUT2D eigenvalue weighted by atomic mass is 10.2. The summed E-state index contributed by atoms with van der Waals surface area (Å²) < 4.78 is 37.2. The molecule has 0 unspecified atom stereocenters. The highest BCUT2D eigenvalue weighted by molar-refractivity contribution is 8.26. The van der Waals surface area contributed by atoms with Gasteiger partial charge in [-0.1, -0.05) is 42.2 Å². The monoisotopic (exact) mass is 428 g/mol. The Morgan fingerprint density at radius 1 is 1.44 bits per heavy atom. The first-order chi connectivity index (χ1) is 12.7. The molecular weight excluding hydrogens is 411 g/mol. The number of carbonyl (C=O) groups excluding carboxylic acids is 2. The lowest BCUT2D eigenvalue weighted by molar-refractivity contribution is -0.135. The number of rotatable bonds is 4. The molecule has 2 heterocycles. The van der Waals surface area contributed by atoms with Crippen LogP contribution in [-0.4, -0.2) is 65.5 Å². The van der Waals surface area contributed by atoms with Crippen molar-refractivity contribution < 1.29 is 22.4 Å². The van der Waals surface area contributed by atoms with E-state index in [0.717, 1.165) is 16.7 Å². The Labute approximate surface area is 166 Å². The molecule has 0 N–H and O–H groups in total. The maximum absolute atomic E-state index is 13.8. The van der Waals surface area contributed by atoms with Gasteiger partial charge < -0.3 is 4.90 Å². The van der Waals surface area contributed by atoms with Crippen molar-refractivity contribution in [3.8, 4) is 0 Å². The molecule has 0 saturated carbocycles. The van der Waals surface area contributed by atoms with E-state index in [1.165, 1.54) is 24.1 Å². The minimum absolute atomic E-state index is 0.0573. The van der Waals surface area contributed by atoms with Crippen molar-refractivity contribution in [1.82, 2.24) is 9.80 Å². The minimum atomic E-state index is -3.12. The number of hydrogen-bond donors (Lipinski definition) is 0. The molecule has 0 aromatic heterocycles. The Balaban J connectivity index is 1.70. The minimum Gasteiger partial charge on any atom is -0.340 e. The third-order valence-corrected chi connectivity index (χ3v) is 7.64. The quantitative estimate of drug-likeness (QED) is 0.537. The summed E-state index contributed by atoms with van der Waals surface area (Å²) in [6.07, 6.45) is 1.79. The molecule has 2 aliphatic heterocycles. The Bertz CT molecular complexity index is 945. The first kappa shape index (κ1) is 20.0. The molecule has 27 heavy (non-hydrogen) atoms. The lowest BCUT2D eigenvalue weighted by Crippen LogP contribution is -2.45. The molecule has 1 aromatic carbocycles. The number of nitrogens with zero attached hydrogens (tertiary/aromatic N) is 2. The maximum atomic E-state index is 13.8. The zero-order valence-corrected chi connectivity index (χ0v) is 16.9. The van der Waals surface area contributed by atoms with Crippen LogP contribution < -0.4 is 0 Å². The van der Waals surface area contributed by atoms with Crippen LogP contribution in [0.15, 0.2) is 29.2 Å². The number of sulfone groups is 1. The van der Waals surface area contributed by atoms with Crippen molar-refractivity contribution in [2.75, 3.05) is 25.1 Å². The summed E-state index contributed by atoms with van der Waals surface area (Å²) in [7, 11) is -1.59. The third-order valence-electron chi connectivity index (χ3n) is 4.51. The summed E-state index contributed by atoms with van der Waals surface area (Å²) in [4.78, 5) is 27.8. The fraction of sp³-hybridized carbons (Fsp3) is 0.353. The van der Waals surface area contributed by atoms with Crippen LogP contribution in [-0.2, 0) is 19.4 Å². The summed E-state index contributed by atoms with van der Waals surface area (Å²) in [5, 5.41) is 0. The highest BCUT2D eigenvalue weighted by Crippen LogP contribution is 2.33. The molecule has 2 aliphatic rings. The highest BCUT2D eigenvalue weighted by Gasteiger charge is 2.37.